The maximum absolute atomic E-state index is 12.8. The van der Waals surface area contributed by atoms with Gasteiger partial charge in [-0.1, -0.05) is 36.7 Å². The van der Waals surface area contributed by atoms with Crippen molar-refractivity contribution in [1.29, 1.82) is 0 Å². The highest BCUT2D eigenvalue weighted by molar-refractivity contribution is 6.33. The summed E-state index contributed by atoms with van der Waals surface area (Å²) in [5.74, 6) is -0.00994. The number of benzene rings is 1. The van der Waals surface area contributed by atoms with Crippen LogP contribution in [0.5, 0.6) is 5.75 Å². The van der Waals surface area contributed by atoms with Gasteiger partial charge in [0, 0.05) is 18.7 Å². The first-order chi connectivity index (χ1) is 13.5. The van der Waals surface area contributed by atoms with E-state index < -0.39 is 18.6 Å². The summed E-state index contributed by atoms with van der Waals surface area (Å²) in [4.78, 5) is 23.3. The van der Waals surface area contributed by atoms with Gasteiger partial charge in [0.15, 0.2) is 5.69 Å². The molecule has 0 saturated carbocycles. The fourth-order valence-corrected chi connectivity index (χ4v) is 3.36. The molecular weight excluding hydrogens is 390 g/mol. The van der Waals surface area contributed by atoms with Gasteiger partial charge in [0.2, 0.25) is 5.95 Å². The van der Waals surface area contributed by atoms with Crippen LogP contribution in [0.25, 0.3) is 0 Å². The number of hydrogen-bond donors (Lipinski definition) is 1. The van der Waals surface area contributed by atoms with Gasteiger partial charge in [0.25, 0.3) is 5.91 Å². The number of para-hydroxylation sites is 1. The van der Waals surface area contributed by atoms with E-state index in [1.807, 2.05) is 11.8 Å². The Hall–Kier alpha value is -2.48. The summed E-state index contributed by atoms with van der Waals surface area (Å²) in [7, 11) is 0. The van der Waals surface area contributed by atoms with Gasteiger partial charge in [-0.05, 0) is 25.3 Å². The summed E-state index contributed by atoms with van der Waals surface area (Å²) < 4.78 is 30.0. The third kappa shape index (κ3) is 4.67. The number of carbonyl (C=O) groups excluding carboxylic acids is 1. The molecule has 2 heterocycles. The van der Waals surface area contributed by atoms with Gasteiger partial charge in [0.05, 0.1) is 17.3 Å². The van der Waals surface area contributed by atoms with Crippen molar-refractivity contribution >= 4 is 23.5 Å². The molecule has 1 saturated heterocycles. The van der Waals surface area contributed by atoms with Crippen molar-refractivity contribution in [2.75, 3.05) is 18.0 Å². The molecule has 1 aromatic heterocycles. The molecule has 1 atom stereocenters. The number of alkyl halides is 2. The lowest BCUT2D eigenvalue weighted by molar-refractivity contribution is -0.0506. The predicted octanol–water partition coefficient (Wildman–Crippen LogP) is 4.21. The molecule has 2 aromatic rings. The first kappa shape index (κ1) is 20.3. The van der Waals surface area contributed by atoms with E-state index in [-0.39, 0.29) is 16.5 Å². The Kier molecular flexibility index (Phi) is 6.61. The molecule has 1 N–H and O–H groups in total. The van der Waals surface area contributed by atoms with Crippen LogP contribution < -0.4 is 15.0 Å². The standard InChI is InChI=1S/C19H21ClF2N4O2/c1-2-14(12-7-3-4-8-15(12)28-18(21)22)24-17(27)16-13(20)11-23-19(25-16)26-9-5-6-10-26/h3-4,7-8,11,14,18H,2,5-6,9-10H2,1H3,(H,24,27). The third-order valence-corrected chi connectivity index (χ3v) is 4.84. The van der Waals surface area contributed by atoms with Gasteiger partial charge in [-0.15, -0.1) is 0 Å². The number of amides is 1. The Morgan fingerprint density at radius 1 is 1.32 bits per heavy atom. The Morgan fingerprint density at radius 2 is 2.04 bits per heavy atom. The summed E-state index contributed by atoms with van der Waals surface area (Å²) in [6.07, 6.45) is 3.97. The number of ether oxygens (including phenoxy) is 1. The minimum atomic E-state index is -2.95. The lowest BCUT2D eigenvalue weighted by Crippen LogP contribution is -2.30. The van der Waals surface area contributed by atoms with Crippen LogP contribution in [0.1, 0.15) is 48.3 Å². The maximum atomic E-state index is 12.8. The van der Waals surface area contributed by atoms with E-state index in [0.29, 0.717) is 17.9 Å². The molecule has 3 rings (SSSR count). The average molecular weight is 411 g/mol. The third-order valence-electron chi connectivity index (χ3n) is 4.56. The molecule has 0 bridgehead atoms. The smallest absolute Gasteiger partial charge is 0.387 e. The van der Waals surface area contributed by atoms with Crippen LogP contribution in [0.15, 0.2) is 30.5 Å². The number of nitrogens with one attached hydrogen (secondary N) is 1. The number of hydrogen-bond acceptors (Lipinski definition) is 5. The zero-order valence-corrected chi connectivity index (χ0v) is 16.1. The normalized spacial score (nSPS) is 15.0. The summed E-state index contributed by atoms with van der Waals surface area (Å²) in [5, 5.41) is 2.95. The quantitative estimate of drug-likeness (QED) is 0.740. The zero-order chi connectivity index (χ0) is 20.1. The number of halogens is 3. The highest BCUT2D eigenvalue weighted by Gasteiger charge is 2.23. The van der Waals surface area contributed by atoms with Gasteiger partial charge in [-0.2, -0.15) is 8.78 Å². The summed E-state index contributed by atoms with van der Waals surface area (Å²) in [6.45, 7) is 0.548. The van der Waals surface area contributed by atoms with E-state index in [9.17, 15) is 13.6 Å². The largest absolute Gasteiger partial charge is 0.434 e. The van der Waals surface area contributed by atoms with Crippen LogP contribution in [0, 0.1) is 0 Å². The second-order valence-corrected chi connectivity index (χ2v) is 6.82. The monoisotopic (exact) mass is 410 g/mol. The lowest BCUT2D eigenvalue weighted by Gasteiger charge is -2.21. The molecule has 0 spiro atoms. The number of nitrogens with zero attached hydrogens (tertiary/aromatic N) is 3. The molecule has 0 aliphatic carbocycles. The Balaban J connectivity index is 1.82. The average Bonchev–Trinajstić information content (AvgIpc) is 3.21. The molecule has 150 valence electrons. The van der Waals surface area contributed by atoms with Crippen LogP contribution in [-0.2, 0) is 0 Å². The Bertz CT molecular complexity index is 831. The van der Waals surface area contributed by atoms with Gasteiger partial charge < -0.3 is 15.0 Å². The first-order valence-electron chi connectivity index (χ1n) is 9.11. The summed E-state index contributed by atoms with van der Waals surface area (Å²) in [5.41, 5.74) is 0.521. The number of rotatable bonds is 7. The van der Waals surface area contributed by atoms with E-state index in [0.717, 1.165) is 25.9 Å². The Labute approximate surface area is 166 Å². The minimum Gasteiger partial charge on any atom is -0.434 e. The zero-order valence-electron chi connectivity index (χ0n) is 15.4. The van der Waals surface area contributed by atoms with Gasteiger partial charge >= 0.3 is 6.61 Å². The van der Waals surface area contributed by atoms with Crippen LogP contribution in [0.4, 0.5) is 14.7 Å². The topological polar surface area (TPSA) is 67.4 Å². The molecule has 1 unspecified atom stereocenters. The highest BCUT2D eigenvalue weighted by Crippen LogP contribution is 2.29. The second-order valence-electron chi connectivity index (χ2n) is 6.41. The van der Waals surface area contributed by atoms with Crippen LogP contribution in [0.2, 0.25) is 5.02 Å². The summed E-state index contributed by atoms with van der Waals surface area (Å²) >= 11 is 6.14. The van der Waals surface area contributed by atoms with Crippen molar-refractivity contribution in [3.05, 3.63) is 46.7 Å². The van der Waals surface area contributed by atoms with Crippen molar-refractivity contribution in [2.45, 2.75) is 38.8 Å². The Morgan fingerprint density at radius 3 is 2.71 bits per heavy atom. The predicted molar refractivity (Wildman–Crippen MR) is 102 cm³/mol. The van der Waals surface area contributed by atoms with Crippen molar-refractivity contribution in [3.63, 3.8) is 0 Å². The molecule has 28 heavy (non-hydrogen) atoms. The van der Waals surface area contributed by atoms with E-state index in [1.165, 1.54) is 12.3 Å². The van der Waals surface area contributed by atoms with E-state index >= 15 is 0 Å². The first-order valence-corrected chi connectivity index (χ1v) is 9.49. The highest BCUT2D eigenvalue weighted by atomic mass is 35.5. The minimum absolute atomic E-state index is 0.0243. The maximum Gasteiger partial charge on any atom is 0.387 e. The molecular formula is C19H21ClF2N4O2. The van der Waals surface area contributed by atoms with Gasteiger partial charge in [0.1, 0.15) is 5.75 Å². The molecule has 1 fully saturated rings. The van der Waals surface area contributed by atoms with Crippen molar-refractivity contribution < 1.29 is 18.3 Å². The molecule has 1 aliphatic heterocycles. The molecule has 1 aromatic carbocycles. The van der Waals surface area contributed by atoms with Crippen LogP contribution >= 0.6 is 11.6 Å². The van der Waals surface area contributed by atoms with E-state index in [1.54, 1.807) is 18.2 Å². The fourth-order valence-electron chi connectivity index (χ4n) is 3.18. The van der Waals surface area contributed by atoms with Crippen molar-refractivity contribution in [3.8, 4) is 5.75 Å². The second kappa shape index (κ2) is 9.14. The fraction of sp³-hybridized carbons (Fsp3) is 0.421. The van der Waals surface area contributed by atoms with Crippen molar-refractivity contribution in [1.82, 2.24) is 15.3 Å². The van der Waals surface area contributed by atoms with Crippen LogP contribution in [0.3, 0.4) is 0 Å². The van der Waals surface area contributed by atoms with E-state index in [4.69, 9.17) is 11.6 Å². The summed E-state index contributed by atoms with van der Waals surface area (Å²) in [6, 6.07) is 5.84. The molecule has 1 amide bonds. The number of carbonyl (C=O) groups is 1. The van der Waals surface area contributed by atoms with Crippen molar-refractivity contribution in [2.24, 2.45) is 0 Å². The number of aromatic nitrogens is 2. The van der Waals surface area contributed by atoms with Crippen LogP contribution in [-0.4, -0.2) is 35.6 Å². The molecule has 6 nitrogen and oxygen atoms in total. The van der Waals surface area contributed by atoms with Gasteiger partial charge in [-0.25, -0.2) is 9.97 Å². The molecule has 1 aliphatic rings. The van der Waals surface area contributed by atoms with Gasteiger partial charge in [-0.3, -0.25) is 4.79 Å². The van der Waals surface area contributed by atoms with E-state index in [2.05, 4.69) is 20.0 Å². The number of anilines is 1. The molecule has 0 radical (unpaired) electrons. The lowest BCUT2D eigenvalue weighted by atomic mass is 10.0. The SMILES string of the molecule is CCC(NC(=O)c1nc(N2CCCC2)ncc1Cl)c1ccccc1OC(F)F. The molecule has 9 heteroatoms.